The van der Waals surface area contributed by atoms with Gasteiger partial charge in [-0.1, -0.05) is 30.4 Å². The highest BCUT2D eigenvalue weighted by atomic mass is 16.4. The number of allylic oxidation sites excluding steroid dienone is 2. The van der Waals surface area contributed by atoms with Gasteiger partial charge in [-0.15, -0.1) is 0 Å². The topological polar surface area (TPSA) is 63.7 Å². The molecular weight excluding hydrogens is 292 g/mol. The number of hydrogen-bond acceptors (Lipinski definition) is 4. The maximum atomic E-state index is 12.7. The zero-order chi connectivity index (χ0) is 16.2. The van der Waals surface area contributed by atoms with Gasteiger partial charge in [-0.05, 0) is 25.0 Å². The predicted octanol–water partition coefficient (Wildman–Crippen LogP) is 0.667. The molecule has 23 heavy (non-hydrogen) atoms. The molecule has 0 saturated carbocycles. The lowest BCUT2D eigenvalue weighted by molar-refractivity contribution is -0.313. The summed E-state index contributed by atoms with van der Waals surface area (Å²) in [4.78, 5) is 28.0. The van der Waals surface area contributed by atoms with E-state index in [-0.39, 0.29) is 5.91 Å². The predicted molar refractivity (Wildman–Crippen MR) is 85.6 cm³/mol. The molecule has 1 aliphatic heterocycles. The summed E-state index contributed by atoms with van der Waals surface area (Å²) in [6.45, 7) is 2.81. The molecule has 122 valence electrons. The molecule has 1 aromatic carbocycles. The summed E-state index contributed by atoms with van der Waals surface area (Å²) in [5, 5.41) is 11.3. The average molecular weight is 313 g/mol. The molecule has 0 aromatic heterocycles. The molecular formula is C18H21N2O3-. The minimum absolute atomic E-state index is 0.0451. The molecule has 1 amide bonds. The fraction of sp³-hybridized carbons (Fsp3) is 0.444. The van der Waals surface area contributed by atoms with Crippen molar-refractivity contribution < 1.29 is 14.7 Å². The quantitative estimate of drug-likeness (QED) is 0.769. The summed E-state index contributed by atoms with van der Waals surface area (Å²) in [7, 11) is 0. The molecule has 1 fully saturated rings. The molecule has 2 aliphatic rings. The first-order valence-corrected chi connectivity index (χ1v) is 8.11. The first kappa shape index (κ1) is 15.6. The SMILES string of the molecule is O=C([O-])[C@H]1CC=CC[C@H]1C(=O)N1CCN(c2ccccc2)CC1. The summed E-state index contributed by atoms with van der Waals surface area (Å²) in [6, 6.07) is 10.1. The Labute approximate surface area is 136 Å². The van der Waals surface area contributed by atoms with Gasteiger partial charge in [-0.3, -0.25) is 4.79 Å². The number of hydrogen-bond donors (Lipinski definition) is 0. The molecule has 1 saturated heterocycles. The minimum atomic E-state index is -1.12. The fourth-order valence-electron chi connectivity index (χ4n) is 3.41. The Bertz CT molecular complexity index is 592. The molecule has 1 aromatic rings. The molecule has 0 bridgehead atoms. The lowest BCUT2D eigenvalue weighted by Crippen LogP contribution is -2.52. The van der Waals surface area contributed by atoms with E-state index in [1.807, 2.05) is 30.4 Å². The van der Waals surface area contributed by atoms with Crippen LogP contribution in [0.5, 0.6) is 0 Å². The van der Waals surface area contributed by atoms with E-state index < -0.39 is 17.8 Å². The van der Waals surface area contributed by atoms with Crippen LogP contribution < -0.4 is 10.0 Å². The summed E-state index contributed by atoms with van der Waals surface area (Å²) < 4.78 is 0. The highest BCUT2D eigenvalue weighted by molar-refractivity contribution is 5.85. The van der Waals surface area contributed by atoms with Gasteiger partial charge in [0.05, 0.1) is 0 Å². The van der Waals surface area contributed by atoms with Crippen LogP contribution in [0.25, 0.3) is 0 Å². The second-order valence-electron chi connectivity index (χ2n) is 6.12. The van der Waals surface area contributed by atoms with Crippen LogP contribution in [0, 0.1) is 11.8 Å². The van der Waals surface area contributed by atoms with Gasteiger partial charge >= 0.3 is 0 Å². The van der Waals surface area contributed by atoms with Crippen molar-refractivity contribution in [3.05, 3.63) is 42.5 Å². The molecule has 0 spiro atoms. The number of carboxylic acids is 1. The maximum absolute atomic E-state index is 12.7. The summed E-state index contributed by atoms with van der Waals surface area (Å²) in [5.41, 5.74) is 1.16. The lowest BCUT2D eigenvalue weighted by atomic mass is 9.82. The molecule has 5 heteroatoms. The summed E-state index contributed by atoms with van der Waals surface area (Å²) in [5.74, 6) is -2.33. The molecule has 3 rings (SSSR count). The minimum Gasteiger partial charge on any atom is -0.550 e. The smallest absolute Gasteiger partial charge is 0.226 e. The van der Waals surface area contributed by atoms with E-state index in [0.717, 1.165) is 18.8 Å². The van der Waals surface area contributed by atoms with E-state index in [9.17, 15) is 14.7 Å². The van der Waals surface area contributed by atoms with Crippen molar-refractivity contribution in [3.8, 4) is 0 Å². The van der Waals surface area contributed by atoms with Gasteiger partial charge in [-0.25, -0.2) is 0 Å². The molecule has 5 nitrogen and oxygen atoms in total. The van der Waals surface area contributed by atoms with Gasteiger partial charge in [0, 0.05) is 49.7 Å². The van der Waals surface area contributed by atoms with Crippen LogP contribution in [0.1, 0.15) is 12.8 Å². The Morgan fingerprint density at radius 1 is 0.913 bits per heavy atom. The van der Waals surface area contributed by atoms with Crippen molar-refractivity contribution >= 4 is 17.6 Å². The van der Waals surface area contributed by atoms with Crippen LogP contribution in [0.15, 0.2) is 42.5 Å². The number of carboxylic acid groups (broad SMARTS) is 1. The number of carbonyl (C=O) groups excluding carboxylic acids is 2. The first-order valence-electron chi connectivity index (χ1n) is 8.11. The number of piperazine rings is 1. The Morgan fingerprint density at radius 3 is 2.13 bits per heavy atom. The van der Waals surface area contributed by atoms with Gasteiger partial charge in [0.1, 0.15) is 0 Å². The zero-order valence-electron chi connectivity index (χ0n) is 13.1. The first-order chi connectivity index (χ1) is 11.2. The van der Waals surface area contributed by atoms with Gasteiger partial charge in [-0.2, -0.15) is 0 Å². The third-order valence-electron chi connectivity index (χ3n) is 4.77. The van der Waals surface area contributed by atoms with Crippen LogP contribution in [0.3, 0.4) is 0 Å². The van der Waals surface area contributed by atoms with Crippen molar-refractivity contribution in [1.29, 1.82) is 0 Å². The number of anilines is 1. The number of aliphatic carboxylic acids is 1. The van der Waals surface area contributed by atoms with E-state index in [1.54, 1.807) is 4.90 Å². The van der Waals surface area contributed by atoms with E-state index >= 15 is 0 Å². The fourth-order valence-corrected chi connectivity index (χ4v) is 3.41. The maximum Gasteiger partial charge on any atom is 0.226 e. The van der Waals surface area contributed by atoms with E-state index in [0.29, 0.717) is 25.9 Å². The largest absolute Gasteiger partial charge is 0.550 e. The highest BCUT2D eigenvalue weighted by Crippen LogP contribution is 2.28. The number of rotatable bonds is 3. The van der Waals surface area contributed by atoms with Crippen molar-refractivity contribution in [1.82, 2.24) is 4.90 Å². The van der Waals surface area contributed by atoms with Gasteiger partial charge in [0.25, 0.3) is 0 Å². The lowest BCUT2D eigenvalue weighted by Gasteiger charge is -2.39. The molecule has 0 unspecified atom stereocenters. The number of nitrogens with zero attached hydrogens (tertiary/aromatic N) is 2. The zero-order valence-corrected chi connectivity index (χ0v) is 13.1. The van der Waals surface area contributed by atoms with Crippen LogP contribution in [-0.2, 0) is 9.59 Å². The molecule has 1 aliphatic carbocycles. The van der Waals surface area contributed by atoms with Crippen LogP contribution in [-0.4, -0.2) is 43.0 Å². The summed E-state index contributed by atoms with van der Waals surface area (Å²) >= 11 is 0. The van der Waals surface area contributed by atoms with E-state index in [2.05, 4.69) is 17.0 Å². The van der Waals surface area contributed by atoms with Crippen molar-refractivity contribution in [2.24, 2.45) is 11.8 Å². The van der Waals surface area contributed by atoms with Gasteiger partial charge < -0.3 is 19.7 Å². The molecule has 0 radical (unpaired) electrons. The Balaban J connectivity index is 1.62. The van der Waals surface area contributed by atoms with Crippen LogP contribution >= 0.6 is 0 Å². The van der Waals surface area contributed by atoms with Crippen LogP contribution in [0.2, 0.25) is 0 Å². The van der Waals surface area contributed by atoms with Gasteiger partial charge in [0.2, 0.25) is 5.91 Å². The second-order valence-corrected chi connectivity index (χ2v) is 6.12. The standard InChI is InChI=1S/C18H22N2O3/c21-17(15-8-4-5-9-16(15)18(22)23)20-12-10-19(11-13-20)14-6-2-1-3-7-14/h1-7,15-16H,8-13H2,(H,22,23)/p-1/t15-,16+/m1/s1. The third kappa shape index (κ3) is 3.38. The normalized spacial score (nSPS) is 24.5. The number of para-hydroxylation sites is 1. The van der Waals surface area contributed by atoms with Gasteiger partial charge in [0.15, 0.2) is 0 Å². The average Bonchev–Trinajstić information content (AvgIpc) is 2.62. The Hall–Kier alpha value is -2.30. The van der Waals surface area contributed by atoms with Crippen molar-refractivity contribution in [2.45, 2.75) is 12.8 Å². The second kappa shape index (κ2) is 6.86. The molecule has 2 atom stereocenters. The monoisotopic (exact) mass is 313 g/mol. The number of carbonyl (C=O) groups is 2. The van der Waals surface area contributed by atoms with Crippen molar-refractivity contribution in [2.75, 3.05) is 31.1 Å². The van der Waals surface area contributed by atoms with E-state index in [1.165, 1.54) is 0 Å². The summed E-state index contributed by atoms with van der Waals surface area (Å²) in [6.07, 6.45) is 4.62. The molecule has 1 heterocycles. The third-order valence-corrected chi connectivity index (χ3v) is 4.77. The Kier molecular flexibility index (Phi) is 4.65. The van der Waals surface area contributed by atoms with E-state index in [4.69, 9.17) is 0 Å². The van der Waals surface area contributed by atoms with Crippen LogP contribution in [0.4, 0.5) is 5.69 Å². The number of amides is 1. The van der Waals surface area contributed by atoms with Crippen molar-refractivity contribution in [3.63, 3.8) is 0 Å². The number of benzene rings is 1. The highest BCUT2D eigenvalue weighted by Gasteiger charge is 2.34. The Morgan fingerprint density at radius 2 is 1.52 bits per heavy atom. The molecule has 0 N–H and O–H groups in total.